The van der Waals surface area contributed by atoms with E-state index in [0.717, 1.165) is 5.01 Å². The minimum Gasteiger partial charge on any atom is -0.465 e. The van der Waals surface area contributed by atoms with Crippen LogP contribution in [0.15, 0.2) is 24.3 Å². The van der Waals surface area contributed by atoms with Crippen molar-refractivity contribution >= 4 is 17.8 Å². The molecule has 0 radical (unpaired) electrons. The monoisotopic (exact) mass is 274 g/mol. The van der Waals surface area contributed by atoms with Gasteiger partial charge in [-0.3, -0.25) is 14.4 Å². The first kappa shape index (κ1) is 12.8. The molecule has 1 aromatic carbocycles. The van der Waals surface area contributed by atoms with E-state index in [4.69, 9.17) is 4.74 Å². The highest BCUT2D eigenvalue weighted by Gasteiger charge is 2.59. The Bertz CT molecular complexity index is 578. The van der Waals surface area contributed by atoms with Crippen molar-refractivity contribution in [1.29, 1.82) is 0 Å². The molecule has 104 valence electrons. The fourth-order valence-electron chi connectivity index (χ4n) is 2.56. The highest BCUT2D eigenvalue weighted by atomic mass is 16.5. The third-order valence-electron chi connectivity index (χ3n) is 3.60. The van der Waals surface area contributed by atoms with Crippen LogP contribution < -0.4 is 0 Å². The minimum absolute atomic E-state index is 0.212. The van der Waals surface area contributed by atoms with Gasteiger partial charge in [0.15, 0.2) is 0 Å². The molecule has 0 aromatic heterocycles. The predicted molar refractivity (Wildman–Crippen MR) is 68.7 cm³/mol. The summed E-state index contributed by atoms with van der Waals surface area (Å²) in [6, 6.07) is 5.88. The number of amides is 2. The number of ether oxygens (including phenoxy) is 1. The number of hydrogen-bond donors (Lipinski definition) is 0. The molecule has 1 fully saturated rings. The van der Waals surface area contributed by atoms with Gasteiger partial charge in [-0.05, 0) is 26.0 Å². The zero-order valence-corrected chi connectivity index (χ0v) is 11.2. The predicted octanol–water partition coefficient (Wildman–Crippen LogP) is 0.833. The van der Waals surface area contributed by atoms with Crippen LogP contribution in [-0.4, -0.2) is 46.5 Å². The molecule has 0 saturated carbocycles. The van der Waals surface area contributed by atoms with Crippen LogP contribution in [0.5, 0.6) is 0 Å². The Morgan fingerprint density at radius 3 is 2.25 bits per heavy atom. The van der Waals surface area contributed by atoms with Crippen molar-refractivity contribution in [2.45, 2.75) is 25.9 Å². The fourth-order valence-corrected chi connectivity index (χ4v) is 2.56. The fraction of sp³-hybridized carbons (Fsp3) is 0.357. The molecule has 2 aliphatic heterocycles. The van der Waals surface area contributed by atoms with E-state index in [2.05, 4.69) is 0 Å². The Morgan fingerprint density at radius 1 is 1.20 bits per heavy atom. The van der Waals surface area contributed by atoms with E-state index < -0.39 is 12.0 Å². The molecular formula is C14H14N2O4. The first-order valence-electron chi connectivity index (χ1n) is 6.50. The maximum Gasteiger partial charge on any atom is 0.326 e. The average molecular weight is 274 g/mol. The van der Waals surface area contributed by atoms with Crippen LogP contribution in [0.2, 0.25) is 0 Å². The van der Waals surface area contributed by atoms with Crippen molar-refractivity contribution in [3.63, 3.8) is 0 Å². The summed E-state index contributed by atoms with van der Waals surface area (Å²) in [5.74, 6) is -1.18. The van der Waals surface area contributed by atoms with Gasteiger partial charge in [0.25, 0.3) is 11.8 Å². The third kappa shape index (κ3) is 1.65. The summed E-state index contributed by atoms with van der Waals surface area (Å²) in [4.78, 5) is 36.3. The van der Waals surface area contributed by atoms with E-state index in [1.165, 1.54) is 5.01 Å². The van der Waals surface area contributed by atoms with E-state index in [-0.39, 0.29) is 24.5 Å². The number of rotatable bonds is 3. The summed E-state index contributed by atoms with van der Waals surface area (Å²) in [6.45, 7) is 3.78. The van der Waals surface area contributed by atoms with Crippen molar-refractivity contribution in [2.24, 2.45) is 0 Å². The summed E-state index contributed by atoms with van der Waals surface area (Å²) in [5, 5.41) is 2.53. The summed E-state index contributed by atoms with van der Waals surface area (Å²) >= 11 is 0. The summed E-state index contributed by atoms with van der Waals surface area (Å²) in [7, 11) is 0. The molecule has 20 heavy (non-hydrogen) atoms. The van der Waals surface area contributed by atoms with Crippen molar-refractivity contribution in [2.75, 3.05) is 6.61 Å². The number of carbonyl (C=O) groups is 3. The van der Waals surface area contributed by atoms with Gasteiger partial charge in [-0.2, -0.15) is 5.01 Å². The van der Waals surface area contributed by atoms with Gasteiger partial charge in [-0.1, -0.05) is 12.1 Å². The maximum absolute atomic E-state index is 12.3. The Labute approximate surface area is 115 Å². The number of hydrazine groups is 1. The van der Waals surface area contributed by atoms with E-state index in [0.29, 0.717) is 11.1 Å². The van der Waals surface area contributed by atoms with Crippen LogP contribution in [-0.2, 0) is 9.53 Å². The van der Waals surface area contributed by atoms with E-state index in [1.807, 2.05) is 0 Å². The van der Waals surface area contributed by atoms with Crippen LogP contribution in [0.1, 0.15) is 34.6 Å². The van der Waals surface area contributed by atoms with E-state index in [9.17, 15) is 14.4 Å². The lowest BCUT2D eigenvalue weighted by Gasteiger charge is -2.15. The number of hydrogen-bond acceptors (Lipinski definition) is 5. The largest absolute Gasteiger partial charge is 0.465 e. The molecule has 0 bridgehead atoms. The van der Waals surface area contributed by atoms with Crippen molar-refractivity contribution in [3.8, 4) is 0 Å². The molecule has 1 saturated heterocycles. The van der Waals surface area contributed by atoms with Gasteiger partial charge in [0.1, 0.15) is 6.04 Å². The lowest BCUT2D eigenvalue weighted by Crippen LogP contribution is -2.38. The zero-order chi connectivity index (χ0) is 14.4. The average Bonchev–Trinajstić information content (AvgIpc) is 3.02. The van der Waals surface area contributed by atoms with Gasteiger partial charge >= 0.3 is 5.97 Å². The Morgan fingerprint density at radius 2 is 1.75 bits per heavy atom. The molecule has 3 atom stereocenters. The van der Waals surface area contributed by atoms with Gasteiger partial charge in [0.05, 0.1) is 23.8 Å². The second-order valence-electron chi connectivity index (χ2n) is 4.79. The highest BCUT2D eigenvalue weighted by molar-refractivity contribution is 6.21. The molecule has 1 aromatic rings. The topological polar surface area (TPSA) is 66.7 Å². The summed E-state index contributed by atoms with van der Waals surface area (Å²) in [5.41, 5.74) is 0.749. The molecule has 0 N–H and O–H groups in total. The van der Waals surface area contributed by atoms with Crippen molar-refractivity contribution < 1.29 is 19.1 Å². The molecular weight excluding hydrogens is 260 g/mol. The summed E-state index contributed by atoms with van der Waals surface area (Å²) < 4.78 is 4.94. The van der Waals surface area contributed by atoms with Gasteiger partial charge in [-0.25, -0.2) is 5.01 Å². The van der Waals surface area contributed by atoms with Gasteiger partial charge in [-0.15, -0.1) is 0 Å². The number of esters is 1. The number of benzene rings is 1. The Kier molecular flexibility index (Phi) is 2.83. The molecule has 2 aliphatic rings. The number of carbonyl (C=O) groups excluding carboxylic acids is 3. The summed E-state index contributed by atoms with van der Waals surface area (Å²) in [6.07, 6.45) is 0. The van der Waals surface area contributed by atoms with Crippen molar-refractivity contribution in [1.82, 2.24) is 10.0 Å². The molecule has 0 aliphatic carbocycles. The molecule has 0 spiro atoms. The van der Waals surface area contributed by atoms with E-state index in [1.54, 1.807) is 38.1 Å². The lowest BCUT2D eigenvalue weighted by atomic mass is 10.1. The molecule has 6 nitrogen and oxygen atoms in total. The van der Waals surface area contributed by atoms with Gasteiger partial charge in [0.2, 0.25) is 0 Å². The number of nitrogens with zero attached hydrogens (tertiary/aromatic N) is 2. The van der Waals surface area contributed by atoms with E-state index >= 15 is 0 Å². The molecule has 2 heterocycles. The second kappa shape index (κ2) is 4.42. The number of fused-ring (bicyclic) bond motifs is 1. The molecule has 6 heteroatoms. The van der Waals surface area contributed by atoms with Crippen LogP contribution in [0.3, 0.4) is 0 Å². The number of imide groups is 1. The smallest absolute Gasteiger partial charge is 0.326 e. The van der Waals surface area contributed by atoms with Crippen LogP contribution in [0.25, 0.3) is 0 Å². The standard InChI is InChI=1S/C14H14N2O4/c1-3-20-14(19)11-8(2)15(11)16-12(17)9-6-4-5-7-10(9)13(16)18/h4-8,11H,3H2,1-2H3/t8-,11+,15?/m0/s1. The molecule has 1 unspecified atom stereocenters. The first-order chi connectivity index (χ1) is 9.57. The second-order valence-corrected chi connectivity index (χ2v) is 4.79. The Balaban J connectivity index is 1.86. The minimum atomic E-state index is -0.558. The SMILES string of the molecule is CCOC(=O)[C@H]1[C@H](C)N1N1C(=O)c2ccccc2C1=O. The highest BCUT2D eigenvalue weighted by Crippen LogP contribution is 2.36. The first-order valence-corrected chi connectivity index (χ1v) is 6.50. The maximum atomic E-state index is 12.3. The quantitative estimate of drug-likeness (QED) is 0.464. The van der Waals surface area contributed by atoms with Crippen LogP contribution in [0.4, 0.5) is 0 Å². The lowest BCUT2D eigenvalue weighted by molar-refractivity contribution is -0.144. The van der Waals surface area contributed by atoms with Crippen LogP contribution >= 0.6 is 0 Å². The zero-order valence-electron chi connectivity index (χ0n) is 11.2. The third-order valence-corrected chi connectivity index (χ3v) is 3.60. The van der Waals surface area contributed by atoms with Gasteiger partial charge in [0, 0.05) is 0 Å². The Hall–Kier alpha value is -2.21. The van der Waals surface area contributed by atoms with Crippen molar-refractivity contribution in [3.05, 3.63) is 35.4 Å². The molecule has 2 amide bonds. The van der Waals surface area contributed by atoms with Gasteiger partial charge < -0.3 is 4.74 Å². The molecule has 3 rings (SSSR count). The normalized spacial score (nSPS) is 27.5. The van der Waals surface area contributed by atoms with Crippen LogP contribution in [0, 0.1) is 0 Å².